The molecule has 1 aliphatic rings. The van der Waals surface area contributed by atoms with Gasteiger partial charge in [0.1, 0.15) is 12.4 Å². The van der Waals surface area contributed by atoms with Crippen LogP contribution in [0.25, 0.3) is 0 Å². The van der Waals surface area contributed by atoms with Crippen LogP contribution >= 0.6 is 0 Å². The molecular formula is C18H24N4O3. The second-order valence-corrected chi connectivity index (χ2v) is 6.51. The van der Waals surface area contributed by atoms with Crippen LogP contribution in [0.3, 0.4) is 0 Å². The molecule has 0 N–H and O–H groups in total. The quantitative estimate of drug-likeness (QED) is 0.803. The van der Waals surface area contributed by atoms with Gasteiger partial charge in [-0.1, -0.05) is 0 Å². The van der Waals surface area contributed by atoms with Crippen LogP contribution in [-0.4, -0.2) is 58.0 Å². The summed E-state index contributed by atoms with van der Waals surface area (Å²) in [6.45, 7) is 5.03. The van der Waals surface area contributed by atoms with Gasteiger partial charge in [0.15, 0.2) is 0 Å². The largest absolute Gasteiger partial charge is 0.490 e. The predicted molar refractivity (Wildman–Crippen MR) is 92.6 cm³/mol. The van der Waals surface area contributed by atoms with Crippen molar-refractivity contribution in [3.05, 3.63) is 42.5 Å². The first-order valence-corrected chi connectivity index (χ1v) is 8.49. The Labute approximate surface area is 147 Å². The van der Waals surface area contributed by atoms with E-state index in [-0.39, 0.29) is 24.1 Å². The normalized spacial score (nSPS) is 20.2. The van der Waals surface area contributed by atoms with E-state index in [1.807, 2.05) is 30.9 Å². The first-order chi connectivity index (χ1) is 12.1. The first-order valence-electron chi connectivity index (χ1n) is 8.49. The maximum absolute atomic E-state index is 12.9. The number of aromatic nitrogens is 3. The molecule has 134 valence electrons. The molecule has 2 aromatic heterocycles. The molecule has 0 aromatic carbocycles. The van der Waals surface area contributed by atoms with Gasteiger partial charge in [-0.15, -0.1) is 0 Å². The molecule has 7 heteroatoms. The highest BCUT2D eigenvalue weighted by atomic mass is 16.5. The molecule has 3 heterocycles. The van der Waals surface area contributed by atoms with Gasteiger partial charge >= 0.3 is 0 Å². The van der Waals surface area contributed by atoms with Crippen molar-refractivity contribution < 1.29 is 14.3 Å². The van der Waals surface area contributed by atoms with Crippen molar-refractivity contribution >= 4 is 5.91 Å². The Hall–Kier alpha value is -2.41. The summed E-state index contributed by atoms with van der Waals surface area (Å²) in [6.07, 6.45) is 7.56. The van der Waals surface area contributed by atoms with Gasteiger partial charge < -0.3 is 14.4 Å². The zero-order valence-corrected chi connectivity index (χ0v) is 14.8. The third-order valence-electron chi connectivity index (χ3n) is 4.42. The van der Waals surface area contributed by atoms with Crippen molar-refractivity contribution in [2.75, 3.05) is 20.3 Å². The fourth-order valence-corrected chi connectivity index (χ4v) is 2.97. The summed E-state index contributed by atoms with van der Waals surface area (Å²) in [5.74, 6) is 0.662. The van der Waals surface area contributed by atoms with Crippen molar-refractivity contribution in [1.82, 2.24) is 19.7 Å². The standard InChI is InChI=1S/C18H24N4O3/c1-13(2)22-10-14(8-20-22)18(23)21-11-17(24-3)7-15(21)12-25-16-5-4-6-19-9-16/h4-6,8-10,13,15,17H,7,11-12H2,1-3H3/t15-,17+/m0/s1. The molecule has 0 radical (unpaired) electrons. The Bertz CT molecular complexity index is 701. The molecule has 0 spiro atoms. The molecule has 0 saturated carbocycles. The Kier molecular flexibility index (Phi) is 5.33. The number of amides is 1. The van der Waals surface area contributed by atoms with E-state index >= 15 is 0 Å². The number of hydrogen-bond donors (Lipinski definition) is 0. The highest BCUT2D eigenvalue weighted by Gasteiger charge is 2.36. The highest BCUT2D eigenvalue weighted by molar-refractivity contribution is 5.94. The lowest BCUT2D eigenvalue weighted by atomic mass is 10.2. The molecule has 1 amide bonds. The summed E-state index contributed by atoms with van der Waals surface area (Å²) in [4.78, 5) is 18.8. The Morgan fingerprint density at radius 2 is 2.24 bits per heavy atom. The Morgan fingerprint density at radius 1 is 1.40 bits per heavy atom. The minimum atomic E-state index is -0.0416. The summed E-state index contributed by atoms with van der Waals surface area (Å²) in [5, 5.41) is 4.26. The molecule has 1 fully saturated rings. The number of rotatable bonds is 6. The molecule has 1 aliphatic heterocycles. The number of likely N-dealkylation sites (tertiary alicyclic amines) is 1. The number of hydrogen-bond acceptors (Lipinski definition) is 5. The maximum atomic E-state index is 12.9. The minimum Gasteiger partial charge on any atom is -0.490 e. The first kappa shape index (κ1) is 17.4. The van der Waals surface area contributed by atoms with E-state index in [4.69, 9.17) is 9.47 Å². The van der Waals surface area contributed by atoms with Crippen LogP contribution in [0.15, 0.2) is 36.9 Å². The Balaban J connectivity index is 1.70. The lowest BCUT2D eigenvalue weighted by Gasteiger charge is -2.24. The van der Waals surface area contributed by atoms with Gasteiger partial charge in [-0.05, 0) is 32.4 Å². The highest BCUT2D eigenvalue weighted by Crippen LogP contribution is 2.23. The molecule has 2 atom stereocenters. The van der Waals surface area contributed by atoms with Crippen molar-refractivity contribution in [1.29, 1.82) is 0 Å². The van der Waals surface area contributed by atoms with Gasteiger partial charge in [0.05, 0.1) is 30.1 Å². The zero-order chi connectivity index (χ0) is 17.8. The minimum absolute atomic E-state index is 0.0200. The van der Waals surface area contributed by atoms with Gasteiger partial charge in [0.25, 0.3) is 5.91 Å². The lowest BCUT2D eigenvalue weighted by molar-refractivity contribution is 0.0658. The monoisotopic (exact) mass is 344 g/mol. The van der Waals surface area contributed by atoms with Crippen LogP contribution in [-0.2, 0) is 4.74 Å². The fourth-order valence-electron chi connectivity index (χ4n) is 2.97. The molecule has 3 rings (SSSR count). The summed E-state index contributed by atoms with van der Waals surface area (Å²) in [6, 6.07) is 3.86. The van der Waals surface area contributed by atoms with Gasteiger partial charge in [0.2, 0.25) is 0 Å². The fraction of sp³-hybridized carbons (Fsp3) is 0.500. The predicted octanol–water partition coefficient (Wildman–Crippen LogP) is 2.17. The number of pyridine rings is 1. The molecular weight excluding hydrogens is 320 g/mol. The third kappa shape index (κ3) is 3.99. The van der Waals surface area contributed by atoms with Gasteiger partial charge in [-0.2, -0.15) is 5.10 Å². The van der Waals surface area contributed by atoms with E-state index in [1.165, 1.54) is 0 Å². The van der Waals surface area contributed by atoms with Crippen molar-refractivity contribution in [2.45, 2.75) is 38.5 Å². The van der Waals surface area contributed by atoms with Gasteiger partial charge in [-0.25, -0.2) is 0 Å². The van der Waals surface area contributed by atoms with E-state index in [9.17, 15) is 4.79 Å². The summed E-state index contributed by atoms with van der Waals surface area (Å²) >= 11 is 0. The van der Waals surface area contributed by atoms with E-state index in [2.05, 4.69) is 10.1 Å². The SMILES string of the molecule is CO[C@@H]1C[C@@H](COc2cccnc2)N(C(=O)c2cnn(C(C)C)c2)C1. The molecule has 2 aromatic rings. The molecule has 0 bridgehead atoms. The molecule has 25 heavy (non-hydrogen) atoms. The van der Waals surface area contributed by atoms with Crippen LogP contribution in [0.5, 0.6) is 5.75 Å². The average Bonchev–Trinajstić information content (AvgIpc) is 3.27. The zero-order valence-electron chi connectivity index (χ0n) is 14.8. The molecule has 0 aliphatic carbocycles. The van der Waals surface area contributed by atoms with Crippen LogP contribution in [0.1, 0.15) is 36.7 Å². The third-order valence-corrected chi connectivity index (χ3v) is 4.42. The van der Waals surface area contributed by atoms with Crippen LogP contribution in [0.4, 0.5) is 0 Å². The second-order valence-electron chi connectivity index (χ2n) is 6.51. The van der Waals surface area contributed by atoms with Crippen LogP contribution in [0, 0.1) is 0 Å². The summed E-state index contributed by atoms with van der Waals surface area (Å²) in [7, 11) is 1.68. The van der Waals surface area contributed by atoms with Gasteiger partial charge in [0, 0.05) is 32.1 Å². The number of carbonyl (C=O) groups excluding carboxylic acids is 1. The Morgan fingerprint density at radius 3 is 2.88 bits per heavy atom. The number of carbonyl (C=O) groups is 1. The smallest absolute Gasteiger partial charge is 0.257 e. The molecule has 0 unspecified atom stereocenters. The number of ether oxygens (including phenoxy) is 2. The molecule has 1 saturated heterocycles. The van der Waals surface area contributed by atoms with Crippen molar-refractivity contribution in [3.8, 4) is 5.75 Å². The number of nitrogens with zero attached hydrogens (tertiary/aromatic N) is 4. The van der Waals surface area contributed by atoms with E-state index in [0.717, 1.165) is 6.42 Å². The second kappa shape index (κ2) is 7.65. The summed E-state index contributed by atoms with van der Waals surface area (Å²) in [5.41, 5.74) is 0.594. The summed E-state index contributed by atoms with van der Waals surface area (Å²) < 4.78 is 13.1. The van der Waals surface area contributed by atoms with Gasteiger partial charge in [-0.3, -0.25) is 14.5 Å². The number of methoxy groups -OCH3 is 1. The van der Waals surface area contributed by atoms with Crippen molar-refractivity contribution in [3.63, 3.8) is 0 Å². The lowest BCUT2D eigenvalue weighted by Crippen LogP contribution is -2.39. The van der Waals surface area contributed by atoms with E-state index < -0.39 is 0 Å². The van der Waals surface area contributed by atoms with Crippen molar-refractivity contribution in [2.24, 2.45) is 0 Å². The topological polar surface area (TPSA) is 69.5 Å². The molecule has 7 nitrogen and oxygen atoms in total. The van der Waals surface area contributed by atoms with Crippen LogP contribution < -0.4 is 4.74 Å². The average molecular weight is 344 g/mol. The van der Waals surface area contributed by atoms with Crippen LogP contribution in [0.2, 0.25) is 0 Å². The maximum Gasteiger partial charge on any atom is 0.257 e. The van der Waals surface area contributed by atoms with E-state index in [0.29, 0.717) is 24.5 Å². The van der Waals surface area contributed by atoms with E-state index in [1.54, 1.807) is 36.6 Å².